The number of aromatic carboxylic acids is 1. The van der Waals surface area contributed by atoms with Crippen LogP contribution in [0.4, 0.5) is 18.9 Å². The van der Waals surface area contributed by atoms with E-state index >= 15 is 0 Å². The number of nitrogen functional groups attached to an aromatic ring is 1. The molecule has 1 aromatic heterocycles. The number of nitrogens with two attached hydrogens (primary N) is 1. The predicted molar refractivity (Wildman–Crippen MR) is 169 cm³/mol. The van der Waals surface area contributed by atoms with Gasteiger partial charge in [0.2, 0.25) is 0 Å². The highest BCUT2D eigenvalue weighted by Crippen LogP contribution is 2.28. The van der Waals surface area contributed by atoms with Gasteiger partial charge in [-0.3, -0.25) is 4.79 Å². The van der Waals surface area contributed by atoms with Crippen molar-refractivity contribution >= 4 is 40.6 Å². The predicted octanol–water partition coefficient (Wildman–Crippen LogP) is 7.15. The fourth-order valence-electron chi connectivity index (χ4n) is 5.32. The third-order valence-electron chi connectivity index (χ3n) is 7.62. The molecule has 0 unspecified atom stereocenters. The summed E-state index contributed by atoms with van der Waals surface area (Å²) in [5, 5.41) is 19.9. The van der Waals surface area contributed by atoms with Gasteiger partial charge < -0.3 is 25.8 Å². The van der Waals surface area contributed by atoms with Crippen LogP contribution < -0.4 is 11.1 Å². The molecular weight excluding hydrogens is 601 g/mol. The van der Waals surface area contributed by atoms with Crippen molar-refractivity contribution in [1.29, 1.82) is 0 Å². The number of alkyl halides is 3. The summed E-state index contributed by atoms with van der Waals surface area (Å²) in [5.41, 5.74) is 11.7. The molecule has 0 atom stereocenters. The number of nitrogens with zero attached hydrogens (tertiary/aromatic N) is 2. The topological polar surface area (TPSA) is 148 Å². The number of aromatic nitrogens is 2. The lowest BCUT2D eigenvalue weighted by atomic mass is 9.95. The van der Waals surface area contributed by atoms with E-state index in [0.29, 0.717) is 28.9 Å². The van der Waals surface area contributed by atoms with Crippen LogP contribution in [0.1, 0.15) is 77.6 Å². The van der Waals surface area contributed by atoms with Gasteiger partial charge in [-0.15, -0.1) is 0 Å². The average Bonchev–Trinajstić information content (AvgIpc) is 3.38. The number of carboxylic acids is 2. The third-order valence-corrected chi connectivity index (χ3v) is 7.62. The van der Waals surface area contributed by atoms with E-state index in [1.54, 1.807) is 18.2 Å². The number of imidazole rings is 1. The smallest absolute Gasteiger partial charge is 0.478 e. The first-order valence-corrected chi connectivity index (χ1v) is 14.9. The highest BCUT2D eigenvalue weighted by Gasteiger charge is 2.38. The molecule has 4 aromatic rings. The third kappa shape index (κ3) is 8.32. The van der Waals surface area contributed by atoms with Gasteiger partial charge in [-0.25, -0.2) is 14.6 Å². The molecule has 3 aromatic carbocycles. The molecular formula is C34H35F3N4O5. The van der Waals surface area contributed by atoms with Gasteiger partial charge in [0.15, 0.2) is 0 Å². The van der Waals surface area contributed by atoms with Gasteiger partial charge in [0.25, 0.3) is 5.91 Å². The Hall–Kier alpha value is -5.13. The second-order valence-corrected chi connectivity index (χ2v) is 11.0. The molecule has 0 bridgehead atoms. The minimum atomic E-state index is -5.08. The Morgan fingerprint density at radius 2 is 1.67 bits per heavy atom. The highest BCUT2D eigenvalue weighted by atomic mass is 19.4. The Kier molecular flexibility index (Phi) is 10.8. The molecule has 1 aliphatic carbocycles. The first-order valence-electron chi connectivity index (χ1n) is 14.9. The van der Waals surface area contributed by atoms with Crippen molar-refractivity contribution in [1.82, 2.24) is 14.9 Å². The second-order valence-electron chi connectivity index (χ2n) is 11.0. The van der Waals surface area contributed by atoms with Crippen LogP contribution in [-0.4, -0.2) is 49.8 Å². The van der Waals surface area contributed by atoms with Crippen LogP contribution in [0.3, 0.4) is 0 Å². The van der Waals surface area contributed by atoms with Crippen LogP contribution in [0.25, 0.3) is 28.2 Å². The van der Waals surface area contributed by atoms with Crippen molar-refractivity contribution in [2.75, 3.05) is 5.73 Å². The molecule has 12 heteroatoms. The molecule has 1 heterocycles. The number of nitrogens with one attached hydrogen (secondary N) is 1. The first-order chi connectivity index (χ1) is 21.9. The zero-order valence-electron chi connectivity index (χ0n) is 25.2. The summed E-state index contributed by atoms with van der Waals surface area (Å²) in [6.07, 6.45) is 5.37. The molecule has 0 spiro atoms. The number of amides is 1. The maximum Gasteiger partial charge on any atom is 0.490 e. The number of halogens is 3. The van der Waals surface area contributed by atoms with Crippen LogP contribution in [-0.2, 0) is 11.3 Å². The number of rotatable bonds is 8. The maximum absolute atomic E-state index is 13.2. The van der Waals surface area contributed by atoms with E-state index in [-0.39, 0.29) is 17.5 Å². The molecule has 1 fully saturated rings. The number of hydrogen-bond donors (Lipinski definition) is 4. The van der Waals surface area contributed by atoms with E-state index in [1.165, 1.54) is 6.42 Å². The Morgan fingerprint density at radius 1 is 1.02 bits per heavy atom. The maximum atomic E-state index is 13.2. The summed E-state index contributed by atoms with van der Waals surface area (Å²) in [4.78, 5) is 38.5. The molecule has 5 N–H and O–H groups in total. The fraction of sp³-hybridized carbons (Fsp3) is 0.294. The average molecular weight is 637 g/mol. The Balaban J connectivity index is 0.000000617. The van der Waals surface area contributed by atoms with Crippen molar-refractivity contribution in [2.24, 2.45) is 0 Å². The van der Waals surface area contributed by atoms with Gasteiger partial charge in [0.05, 0.1) is 16.8 Å². The minimum absolute atomic E-state index is 0.102. The van der Waals surface area contributed by atoms with Crippen molar-refractivity contribution < 1.29 is 37.8 Å². The molecule has 0 aliphatic heterocycles. The fourth-order valence-corrected chi connectivity index (χ4v) is 5.32. The van der Waals surface area contributed by atoms with Gasteiger partial charge in [-0.05, 0) is 60.2 Å². The van der Waals surface area contributed by atoms with Crippen LogP contribution in [0, 0.1) is 0 Å². The summed E-state index contributed by atoms with van der Waals surface area (Å²) in [5.74, 6) is -3.04. The summed E-state index contributed by atoms with van der Waals surface area (Å²) in [6, 6.07) is 18.7. The van der Waals surface area contributed by atoms with E-state index in [0.717, 1.165) is 54.6 Å². The van der Waals surface area contributed by atoms with Crippen LogP contribution in [0.15, 0.2) is 66.7 Å². The summed E-state index contributed by atoms with van der Waals surface area (Å²) in [6.45, 7) is 2.59. The van der Waals surface area contributed by atoms with E-state index in [2.05, 4.69) is 22.9 Å². The van der Waals surface area contributed by atoms with Gasteiger partial charge in [0, 0.05) is 18.2 Å². The second kappa shape index (κ2) is 14.8. The lowest BCUT2D eigenvalue weighted by Gasteiger charge is -2.22. The molecule has 1 amide bonds. The van der Waals surface area contributed by atoms with Crippen LogP contribution in [0.2, 0.25) is 0 Å². The Labute approximate surface area is 263 Å². The van der Waals surface area contributed by atoms with Crippen molar-refractivity contribution in [3.8, 4) is 11.1 Å². The van der Waals surface area contributed by atoms with Gasteiger partial charge >= 0.3 is 18.1 Å². The number of benzene rings is 3. The van der Waals surface area contributed by atoms with Gasteiger partial charge in [-0.2, -0.15) is 13.2 Å². The number of allylic oxidation sites excluding steroid dienone is 1. The number of fused-ring (bicyclic) bond motifs is 1. The number of carbonyl (C=O) groups is 3. The lowest BCUT2D eigenvalue weighted by Crippen LogP contribution is -2.36. The number of anilines is 1. The number of carbonyl (C=O) groups excluding carboxylic acids is 1. The van der Waals surface area contributed by atoms with Gasteiger partial charge in [-0.1, -0.05) is 74.7 Å². The van der Waals surface area contributed by atoms with Gasteiger partial charge in [0.1, 0.15) is 11.3 Å². The molecule has 1 aliphatic rings. The molecule has 1 saturated carbocycles. The number of aliphatic carboxylic acids is 1. The van der Waals surface area contributed by atoms with Crippen molar-refractivity contribution in [2.45, 2.75) is 64.2 Å². The largest absolute Gasteiger partial charge is 0.490 e. The van der Waals surface area contributed by atoms with E-state index in [4.69, 9.17) is 20.6 Å². The summed E-state index contributed by atoms with van der Waals surface area (Å²) >= 11 is 0. The van der Waals surface area contributed by atoms with Crippen LogP contribution in [0.5, 0.6) is 0 Å². The molecule has 242 valence electrons. The molecule has 46 heavy (non-hydrogen) atoms. The monoisotopic (exact) mass is 636 g/mol. The minimum Gasteiger partial charge on any atom is -0.478 e. The molecule has 0 radical (unpaired) electrons. The quantitative estimate of drug-likeness (QED) is 0.150. The SMILES string of the molecule is CCC=Cc1nc2c(N)cc(C(=O)NC3CCCCC3)cc2n1Cc1ccc(-c2ccccc2C(=O)O)cc1.O=C(O)C(F)(F)F. The summed E-state index contributed by atoms with van der Waals surface area (Å²) < 4.78 is 33.8. The number of carboxylic acid groups (broad SMARTS) is 2. The molecule has 9 nitrogen and oxygen atoms in total. The normalized spacial score (nSPS) is 13.7. The lowest BCUT2D eigenvalue weighted by molar-refractivity contribution is -0.192. The Morgan fingerprint density at radius 3 is 2.28 bits per heavy atom. The number of hydrogen-bond acceptors (Lipinski definition) is 5. The van der Waals surface area contributed by atoms with E-state index in [1.807, 2.05) is 48.5 Å². The van der Waals surface area contributed by atoms with Crippen molar-refractivity contribution in [3.63, 3.8) is 0 Å². The zero-order valence-corrected chi connectivity index (χ0v) is 25.2. The summed E-state index contributed by atoms with van der Waals surface area (Å²) in [7, 11) is 0. The van der Waals surface area contributed by atoms with E-state index in [9.17, 15) is 27.9 Å². The highest BCUT2D eigenvalue weighted by molar-refractivity contribution is 6.01. The first kappa shape index (κ1) is 33.8. The van der Waals surface area contributed by atoms with Crippen molar-refractivity contribution in [3.05, 3.63) is 89.3 Å². The van der Waals surface area contributed by atoms with E-state index < -0.39 is 18.1 Å². The Bertz CT molecular complexity index is 1740. The van der Waals surface area contributed by atoms with Crippen LogP contribution >= 0.6 is 0 Å². The molecule has 0 saturated heterocycles. The standard InChI is InChI=1S/C32H34N4O3.C2HF3O2/c1-2-3-13-29-35-30-27(33)18-23(31(37)34-24-9-5-4-6-10-24)19-28(30)36(29)20-21-14-16-22(17-15-21)25-11-7-8-12-26(25)32(38)39;3-2(4,5)1(6)7/h3,7-8,11-19,24H,2,4-6,9-10,20,33H2,1H3,(H,34,37)(H,38,39);(H,6,7). The molecule has 5 rings (SSSR count). The zero-order chi connectivity index (χ0) is 33.4.